The number of nitrogens with zero attached hydrogens (tertiary/aromatic N) is 1. The van der Waals surface area contributed by atoms with E-state index in [9.17, 15) is 18.0 Å². The van der Waals surface area contributed by atoms with E-state index in [1.807, 2.05) is 0 Å². The first kappa shape index (κ1) is 18.1. The van der Waals surface area contributed by atoms with Crippen LogP contribution in [0, 0.1) is 0 Å². The van der Waals surface area contributed by atoms with Crippen molar-refractivity contribution in [1.82, 2.24) is 4.31 Å². The second-order valence-corrected chi connectivity index (χ2v) is 7.16. The van der Waals surface area contributed by atoms with Gasteiger partial charge in [-0.15, -0.1) is 0 Å². The van der Waals surface area contributed by atoms with Crippen LogP contribution in [0.4, 0.5) is 5.69 Å². The fourth-order valence-corrected chi connectivity index (χ4v) is 2.48. The van der Waals surface area contributed by atoms with Gasteiger partial charge in [-0.25, -0.2) is 8.42 Å². The highest BCUT2D eigenvalue weighted by Crippen LogP contribution is 2.11. The number of carboxylic acid groups (broad SMARTS) is 1. The molecule has 0 saturated carbocycles. The quantitative estimate of drug-likeness (QED) is 0.738. The first-order valence-corrected chi connectivity index (χ1v) is 8.40. The molecule has 0 heterocycles. The molecule has 22 heavy (non-hydrogen) atoms. The highest BCUT2D eigenvalue weighted by Gasteiger charge is 2.18. The Hall–Kier alpha value is -1.93. The van der Waals surface area contributed by atoms with E-state index in [0.717, 1.165) is 9.87 Å². The molecule has 2 N–H and O–H groups in total. The predicted molar refractivity (Wildman–Crippen MR) is 83.1 cm³/mol. The lowest BCUT2D eigenvalue weighted by molar-refractivity contribution is -0.137. The Kier molecular flexibility index (Phi) is 6.51. The van der Waals surface area contributed by atoms with E-state index >= 15 is 0 Å². The predicted octanol–water partition coefficient (Wildman–Crippen LogP) is 0.924. The summed E-state index contributed by atoms with van der Waals surface area (Å²) in [4.78, 5) is 22.3. The molecule has 1 rings (SSSR count). The number of carbonyl (C=O) groups is 2. The molecule has 0 fully saturated rings. The number of benzene rings is 1. The molecule has 0 aliphatic heterocycles. The van der Waals surface area contributed by atoms with Crippen LogP contribution in [-0.4, -0.2) is 49.1 Å². The molecule has 8 heteroatoms. The smallest absolute Gasteiger partial charge is 0.303 e. The van der Waals surface area contributed by atoms with Crippen LogP contribution < -0.4 is 5.32 Å². The fourth-order valence-electron chi connectivity index (χ4n) is 1.73. The maximum atomic E-state index is 11.8. The Morgan fingerprint density at radius 2 is 1.82 bits per heavy atom. The van der Waals surface area contributed by atoms with Gasteiger partial charge in [-0.3, -0.25) is 9.59 Å². The molecule has 0 atom stereocenters. The number of sulfonamides is 1. The highest BCUT2D eigenvalue weighted by atomic mass is 32.2. The van der Waals surface area contributed by atoms with E-state index in [-0.39, 0.29) is 18.7 Å². The Morgan fingerprint density at radius 1 is 1.23 bits per heavy atom. The van der Waals surface area contributed by atoms with Gasteiger partial charge >= 0.3 is 5.97 Å². The van der Waals surface area contributed by atoms with Crippen molar-refractivity contribution in [3.8, 4) is 0 Å². The SMILES string of the molecule is CCS(=O)(=O)N(C)CC(=O)Nc1ccc(CCC(=O)O)cc1. The van der Waals surface area contributed by atoms with Crippen molar-refractivity contribution < 1.29 is 23.1 Å². The third kappa shape index (κ3) is 5.82. The van der Waals surface area contributed by atoms with Gasteiger partial charge in [0.15, 0.2) is 0 Å². The Bertz CT molecular complexity index is 625. The molecule has 0 unspecified atom stereocenters. The topological polar surface area (TPSA) is 104 Å². The number of carbonyl (C=O) groups excluding carboxylic acids is 1. The Morgan fingerprint density at radius 3 is 2.32 bits per heavy atom. The monoisotopic (exact) mass is 328 g/mol. The number of aryl methyl sites for hydroxylation is 1. The standard InChI is InChI=1S/C14H20N2O5S/c1-3-22(20,21)16(2)10-13(17)15-12-7-4-11(5-8-12)6-9-14(18)19/h4-5,7-8H,3,6,9-10H2,1-2H3,(H,15,17)(H,18,19). The molecular weight excluding hydrogens is 308 g/mol. The number of likely N-dealkylation sites (N-methyl/N-ethyl adjacent to an activating group) is 1. The van der Waals surface area contributed by atoms with Crippen molar-refractivity contribution >= 4 is 27.6 Å². The maximum absolute atomic E-state index is 11.8. The van der Waals surface area contributed by atoms with E-state index in [1.54, 1.807) is 24.3 Å². The summed E-state index contributed by atoms with van der Waals surface area (Å²) in [5.41, 5.74) is 1.39. The van der Waals surface area contributed by atoms with E-state index in [0.29, 0.717) is 12.1 Å². The van der Waals surface area contributed by atoms with Gasteiger partial charge < -0.3 is 10.4 Å². The minimum Gasteiger partial charge on any atom is -0.481 e. The highest BCUT2D eigenvalue weighted by molar-refractivity contribution is 7.89. The van der Waals surface area contributed by atoms with Crippen molar-refractivity contribution in [1.29, 1.82) is 0 Å². The van der Waals surface area contributed by atoms with Crippen molar-refractivity contribution in [2.24, 2.45) is 0 Å². The lowest BCUT2D eigenvalue weighted by Crippen LogP contribution is -2.35. The van der Waals surface area contributed by atoms with E-state index in [4.69, 9.17) is 5.11 Å². The van der Waals surface area contributed by atoms with Crippen LogP contribution in [0.3, 0.4) is 0 Å². The average Bonchev–Trinajstić information content (AvgIpc) is 2.46. The van der Waals surface area contributed by atoms with Crippen LogP contribution in [0.5, 0.6) is 0 Å². The zero-order chi connectivity index (χ0) is 16.8. The zero-order valence-electron chi connectivity index (χ0n) is 12.6. The summed E-state index contributed by atoms with van der Waals surface area (Å²) in [5, 5.41) is 11.2. The third-order valence-corrected chi connectivity index (χ3v) is 4.88. The van der Waals surface area contributed by atoms with Gasteiger partial charge in [-0.2, -0.15) is 4.31 Å². The number of carboxylic acids is 1. The van der Waals surface area contributed by atoms with Gasteiger partial charge in [0.1, 0.15) is 0 Å². The molecular formula is C14H20N2O5S. The summed E-state index contributed by atoms with van der Waals surface area (Å²) in [6, 6.07) is 6.77. The Labute approximate surface area is 130 Å². The first-order valence-electron chi connectivity index (χ1n) is 6.79. The molecule has 7 nitrogen and oxygen atoms in total. The summed E-state index contributed by atoms with van der Waals surface area (Å²) >= 11 is 0. The van der Waals surface area contributed by atoms with Crippen LogP contribution in [0.1, 0.15) is 18.9 Å². The molecule has 0 radical (unpaired) electrons. The summed E-state index contributed by atoms with van der Waals surface area (Å²) < 4.78 is 24.1. The summed E-state index contributed by atoms with van der Waals surface area (Å²) in [5.74, 6) is -1.36. The second kappa shape index (κ2) is 7.90. The maximum Gasteiger partial charge on any atom is 0.303 e. The zero-order valence-corrected chi connectivity index (χ0v) is 13.4. The van der Waals surface area contributed by atoms with Gasteiger partial charge in [0.25, 0.3) is 0 Å². The molecule has 1 amide bonds. The molecule has 1 aromatic rings. The number of rotatable bonds is 8. The molecule has 0 aliphatic carbocycles. The molecule has 0 aliphatic rings. The van der Waals surface area contributed by atoms with Crippen LogP contribution in [0.15, 0.2) is 24.3 Å². The van der Waals surface area contributed by atoms with Gasteiger partial charge in [0.05, 0.1) is 12.3 Å². The van der Waals surface area contributed by atoms with E-state index in [2.05, 4.69) is 5.32 Å². The first-order chi connectivity index (χ1) is 10.2. The minimum absolute atomic E-state index is 0.0470. The van der Waals surface area contributed by atoms with Gasteiger partial charge in [-0.1, -0.05) is 12.1 Å². The van der Waals surface area contributed by atoms with Crippen molar-refractivity contribution in [3.05, 3.63) is 29.8 Å². The number of hydrogen-bond acceptors (Lipinski definition) is 4. The van der Waals surface area contributed by atoms with Gasteiger partial charge in [0.2, 0.25) is 15.9 Å². The summed E-state index contributed by atoms with van der Waals surface area (Å²) in [7, 11) is -2.04. The third-order valence-electron chi connectivity index (χ3n) is 3.07. The number of nitrogens with one attached hydrogen (secondary N) is 1. The second-order valence-electron chi connectivity index (χ2n) is 4.80. The molecule has 122 valence electrons. The van der Waals surface area contributed by atoms with Gasteiger partial charge in [-0.05, 0) is 31.0 Å². The molecule has 0 bridgehead atoms. The van der Waals surface area contributed by atoms with Crippen LogP contribution in [0.25, 0.3) is 0 Å². The summed E-state index contributed by atoms with van der Waals surface area (Å²) in [6.07, 6.45) is 0.465. The van der Waals surface area contributed by atoms with E-state index < -0.39 is 21.9 Å². The number of anilines is 1. The molecule has 0 spiro atoms. The van der Waals surface area contributed by atoms with Crippen molar-refractivity contribution in [2.45, 2.75) is 19.8 Å². The van der Waals surface area contributed by atoms with Crippen LogP contribution in [-0.2, 0) is 26.0 Å². The normalized spacial score (nSPS) is 11.4. The Balaban J connectivity index is 2.56. The minimum atomic E-state index is -3.39. The van der Waals surface area contributed by atoms with Crippen LogP contribution >= 0.6 is 0 Å². The van der Waals surface area contributed by atoms with Gasteiger partial charge in [0, 0.05) is 19.2 Å². The molecule has 0 saturated heterocycles. The van der Waals surface area contributed by atoms with Crippen molar-refractivity contribution in [3.63, 3.8) is 0 Å². The lowest BCUT2D eigenvalue weighted by Gasteiger charge is -2.15. The number of hydrogen-bond donors (Lipinski definition) is 2. The lowest BCUT2D eigenvalue weighted by atomic mass is 10.1. The number of aliphatic carboxylic acids is 1. The summed E-state index contributed by atoms with van der Waals surface area (Å²) in [6.45, 7) is 1.26. The number of amides is 1. The fraction of sp³-hybridized carbons (Fsp3) is 0.429. The molecule has 1 aromatic carbocycles. The largest absolute Gasteiger partial charge is 0.481 e. The molecule has 0 aromatic heterocycles. The van der Waals surface area contributed by atoms with Crippen LogP contribution in [0.2, 0.25) is 0 Å². The van der Waals surface area contributed by atoms with Crippen molar-refractivity contribution in [2.75, 3.05) is 24.7 Å². The van der Waals surface area contributed by atoms with E-state index in [1.165, 1.54) is 14.0 Å². The average molecular weight is 328 g/mol.